The molecule has 1 aliphatic rings. The number of aromatic nitrogens is 2. The van der Waals surface area contributed by atoms with E-state index in [0.29, 0.717) is 29.4 Å². The zero-order valence-corrected chi connectivity index (χ0v) is 12.2. The third-order valence-electron chi connectivity index (χ3n) is 3.65. The van der Waals surface area contributed by atoms with Crippen molar-refractivity contribution in [1.29, 1.82) is 0 Å². The van der Waals surface area contributed by atoms with E-state index < -0.39 is 18.3 Å². The van der Waals surface area contributed by atoms with Crippen LogP contribution in [0.5, 0.6) is 0 Å². The largest absolute Gasteiger partial charge is 0.408 e. The van der Waals surface area contributed by atoms with Crippen molar-refractivity contribution >= 4 is 17.3 Å². The molecule has 1 aromatic rings. The molecule has 0 aliphatic carbocycles. The van der Waals surface area contributed by atoms with Crippen molar-refractivity contribution < 1.29 is 13.2 Å². The fraction of sp³-hybridized carbons (Fsp3) is 0.667. The molecule has 2 N–H and O–H groups in total. The zero-order valence-electron chi connectivity index (χ0n) is 11.4. The first-order chi connectivity index (χ1) is 9.69. The Morgan fingerprint density at radius 2 is 2.19 bits per heavy atom. The lowest BCUT2D eigenvalue weighted by Gasteiger charge is -2.36. The summed E-state index contributed by atoms with van der Waals surface area (Å²) < 4.78 is 37.3. The van der Waals surface area contributed by atoms with Gasteiger partial charge in [-0.3, -0.25) is 4.79 Å². The average molecular weight is 325 g/mol. The Labute approximate surface area is 124 Å². The van der Waals surface area contributed by atoms with Gasteiger partial charge in [0.1, 0.15) is 11.6 Å². The van der Waals surface area contributed by atoms with Gasteiger partial charge >= 0.3 is 6.18 Å². The van der Waals surface area contributed by atoms with Crippen molar-refractivity contribution in [3.8, 4) is 0 Å². The lowest BCUT2D eigenvalue weighted by Crippen LogP contribution is -2.48. The maximum Gasteiger partial charge on any atom is 0.408 e. The molecule has 1 fully saturated rings. The number of hydrogen-bond donors (Lipinski definition) is 1. The van der Waals surface area contributed by atoms with Crippen LogP contribution in [0.3, 0.4) is 0 Å². The lowest BCUT2D eigenvalue weighted by molar-refractivity contribution is -0.143. The van der Waals surface area contributed by atoms with Gasteiger partial charge in [0, 0.05) is 19.1 Å². The fourth-order valence-corrected chi connectivity index (χ4v) is 2.54. The van der Waals surface area contributed by atoms with Gasteiger partial charge < -0.3 is 10.6 Å². The van der Waals surface area contributed by atoms with E-state index in [4.69, 9.17) is 17.3 Å². The molecular weight excluding hydrogens is 309 g/mol. The summed E-state index contributed by atoms with van der Waals surface area (Å²) in [6.07, 6.45) is -2.51. The van der Waals surface area contributed by atoms with Gasteiger partial charge in [0.05, 0.1) is 11.9 Å². The Balaban J connectivity index is 2.27. The summed E-state index contributed by atoms with van der Waals surface area (Å²) in [5.74, 6) is 0.346. The number of rotatable bonds is 2. The molecular formula is C12H16ClF3N4O. The molecule has 2 atom stereocenters. The van der Waals surface area contributed by atoms with Crippen molar-refractivity contribution in [2.24, 2.45) is 11.7 Å². The number of anilines is 1. The van der Waals surface area contributed by atoms with E-state index in [1.807, 2.05) is 6.92 Å². The second-order valence-corrected chi connectivity index (χ2v) is 5.68. The molecule has 0 bridgehead atoms. The van der Waals surface area contributed by atoms with Crippen molar-refractivity contribution in [2.75, 3.05) is 18.0 Å². The Hall–Kier alpha value is -1.28. The second kappa shape index (κ2) is 5.84. The van der Waals surface area contributed by atoms with Gasteiger partial charge in [-0.2, -0.15) is 18.3 Å². The highest BCUT2D eigenvalue weighted by Crippen LogP contribution is 2.26. The van der Waals surface area contributed by atoms with E-state index in [1.54, 1.807) is 4.90 Å². The van der Waals surface area contributed by atoms with Gasteiger partial charge in [-0.05, 0) is 12.3 Å². The third kappa shape index (κ3) is 3.68. The molecule has 1 aliphatic heterocycles. The van der Waals surface area contributed by atoms with Crippen LogP contribution in [-0.4, -0.2) is 35.1 Å². The highest BCUT2D eigenvalue weighted by Gasteiger charge is 2.31. The number of alkyl halides is 3. The van der Waals surface area contributed by atoms with Crippen molar-refractivity contribution in [2.45, 2.75) is 32.1 Å². The van der Waals surface area contributed by atoms with Gasteiger partial charge in [0.2, 0.25) is 0 Å². The summed E-state index contributed by atoms with van der Waals surface area (Å²) in [6, 6.07) is -0.0765. The summed E-state index contributed by atoms with van der Waals surface area (Å²) in [4.78, 5) is 13.7. The van der Waals surface area contributed by atoms with E-state index in [-0.39, 0.29) is 11.1 Å². The maximum absolute atomic E-state index is 12.3. The summed E-state index contributed by atoms with van der Waals surface area (Å²) >= 11 is 5.92. The Kier molecular flexibility index (Phi) is 4.48. The molecule has 9 heteroatoms. The smallest absolute Gasteiger partial charge is 0.367 e. The number of nitrogens with zero attached hydrogens (tertiary/aromatic N) is 3. The molecule has 0 saturated carbocycles. The minimum absolute atomic E-state index is 0.0765. The standard InChI is InChI=1S/C12H16ClF3N4O/c1-7-2-3-19(5-8(7)17)9-4-18-20(6-12(14,15)16)11(21)10(9)13/h4,7-8H,2-3,5-6,17H2,1H3. The van der Waals surface area contributed by atoms with Crippen molar-refractivity contribution in [3.63, 3.8) is 0 Å². The molecule has 0 radical (unpaired) electrons. The molecule has 21 heavy (non-hydrogen) atoms. The summed E-state index contributed by atoms with van der Waals surface area (Å²) in [7, 11) is 0. The molecule has 0 spiro atoms. The predicted octanol–water partition coefficient (Wildman–Crippen LogP) is 1.63. The summed E-state index contributed by atoms with van der Waals surface area (Å²) in [6.45, 7) is 1.70. The number of hydrogen-bond acceptors (Lipinski definition) is 4. The number of nitrogens with two attached hydrogens (primary N) is 1. The van der Waals surface area contributed by atoms with E-state index >= 15 is 0 Å². The quantitative estimate of drug-likeness (QED) is 0.898. The fourth-order valence-electron chi connectivity index (χ4n) is 2.28. The molecule has 0 aromatic carbocycles. The van der Waals surface area contributed by atoms with Gasteiger partial charge in [-0.15, -0.1) is 0 Å². The second-order valence-electron chi connectivity index (χ2n) is 5.30. The van der Waals surface area contributed by atoms with E-state index in [0.717, 1.165) is 6.42 Å². The monoisotopic (exact) mass is 324 g/mol. The van der Waals surface area contributed by atoms with Gasteiger partial charge in [-0.25, -0.2) is 4.68 Å². The van der Waals surface area contributed by atoms with Crippen LogP contribution in [0.1, 0.15) is 13.3 Å². The first kappa shape index (κ1) is 16.1. The van der Waals surface area contributed by atoms with Gasteiger partial charge in [0.25, 0.3) is 5.56 Å². The SMILES string of the molecule is CC1CCN(c2cnn(CC(F)(F)F)c(=O)c2Cl)CC1N. The molecule has 2 unspecified atom stereocenters. The topological polar surface area (TPSA) is 64.2 Å². The molecule has 0 amide bonds. The Morgan fingerprint density at radius 1 is 1.52 bits per heavy atom. The predicted molar refractivity (Wildman–Crippen MR) is 73.5 cm³/mol. The maximum atomic E-state index is 12.3. The molecule has 2 heterocycles. The van der Waals surface area contributed by atoms with Crippen molar-refractivity contribution in [3.05, 3.63) is 21.6 Å². The highest BCUT2D eigenvalue weighted by molar-refractivity contribution is 6.33. The minimum atomic E-state index is -4.52. The van der Waals surface area contributed by atoms with Crippen LogP contribution >= 0.6 is 11.6 Å². The van der Waals surface area contributed by atoms with E-state index in [9.17, 15) is 18.0 Å². The first-order valence-electron chi connectivity index (χ1n) is 6.52. The van der Waals surface area contributed by atoms with Crippen LogP contribution < -0.4 is 16.2 Å². The van der Waals surface area contributed by atoms with Crippen molar-refractivity contribution in [1.82, 2.24) is 9.78 Å². The average Bonchev–Trinajstić information content (AvgIpc) is 2.37. The summed E-state index contributed by atoms with van der Waals surface area (Å²) in [5.41, 5.74) is 5.36. The normalized spacial score (nSPS) is 23.4. The van der Waals surface area contributed by atoms with Gasteiger partial charge in [0.15, 0.2) is 0 Å². The number of piperidine rings is 1. The third-order valence-corrected chi connectivity index (χ3v) is 4.01. The zero-order chi connectivity index (χ0) is 15.8. The number of halogens is 4. The molecule has 118 valence electrons. The molecule has 5 nitrogen and oxygen atoms in total. The van der Waals surface area contributed by atoms with Crippen LogP contribution in [0.25, 0.3) is 0 Å². The van der Waals surface area contributed by atoms with E-state index in [1.165, 1.54) is 6.20 Å². The van der Waals surface area contributed by atoms with Crippen LogP contribution in [0.2, 0.25) is 5.02 Å². The Bertz CT molecular complexity index is 575. The van der Waals surface area contributed by atoms with Crippen LogP contribution in [0.15, 0.2) is 11.0 Å². The molecule has 2 rings (SSSR count). The highest BCUT2D eigenvalue weighted by atomic mass is 35.5. The van der Waals surface area contributed by atoms with Gasteiger partial charge in [-0.1, -0.05) is 18.5 Å². The van der Waals surface area contributed by atoms with E-state index in [2.05, 4.69) is 5.10 Å². The van der Waals surface area contributed by atoms with Crippen LogP contribution in [0, 0.1) is 5.92 Å². The molecule has 1 aromatic heterocycles. The van der Waals surface area contributed by atoms with Crippen LogP contribution in [-0.2, 0) is 6.54 Å². The lowest BCUT2D eigenvalue weighted by atomic mass is 9.94. The first-order valence-corrected chi connectivity index (χ1v) is 6.89. The minimum Gasteiger partial charge on any atom is -0.367 e. The molecule has 1 saturated heterocycles. The summed E-state index contributed by atoms with van der Waals surface area (Å²) in [5, 5.41) is 3.31. The van der Waals surface area contributed by atoms with Crippen LogP contribution in [0.4, 0.5) is 18.9 Å². The Morgan fingerprint density at radius 3 is 2.76 bits per heavy atom.